The molecule has 0 atom stereocenters. The van der Waals surface area contributed by atoms with Gasteiger partial charge in [-0.05, 0) is 23.6 Å². The number of carboxylic acid groups (broad SMARTS) is 2. The summed E-state index contributed by atoms with van der Waals surface area (Å²) in [6, 6.07) is 7.82. The van der Waals surface area contributed by atoms with Gasteiger partial charge in [-0.1, -0.05) is 12.1 Å². The molecule has 1 heterocycles. The van der Waals surface area contributed by atoms with Crippen LogP contribution in [0.3, 0.4) is 0 Å². The van der Waals surface area contributed by atoms with E-state index in [2.05, 4.69) is 5.32 Å². The summed E-state index contributed by atoms with van der Waals surface area (Å²) in [6.07, 6.45) is 0. The van der Waals surface area contributed by atoms with E-state index in [0.29, 0.717) is 10.7 Å². The molecule has 0 unspecified atom stereocenters. The van der Waals surface area contributed by atoms with E-state index < -0.39 is 11.9 Å². The minimum Gasteiger partial charge on any atom is -0.478 e. The Morgan fingerprint density at radius 2 is 1.67 bits per heavy atom. The molecular weight excluding hydrogens is 254 g/mol. The smallest absolute Gasteiger partial charge is 0.338 e. The van der Waals surface area contributed by atoms with Crippen LogP contribution in [0.5, 0.6) is 0 Å². The summed E-state index contributed by atoms with van der Waals surface area (Å²) in [7, 11) is 0. The number of nitrogens with one attached hydrogen (secondary N) is 1. The van der Waals surface area contributed by atoms with Gasteiger partial charge in [-0.2, -0.15) is 0 Å². The van der Waals surface area contributed by atoms with E-state index in [-0.39, 0.29) is 11.1 Å². The van der Waals surface area contributed by atoms with E-state index in [1.54, 1.807) is 23.6 Å². The van der Waals surface area contributed by atoms with Crippen LogP contribution in [0, 0.1) is 0 Å². The zero-order valence-corrected chi connectivity index (χ0v) is 9.90. The Labute approximate surface area is 106 Å². The van der Waals surface area contributed by atoms with Crippen LogP contribution in [0.25, 0.3) is 0 Å². The monoisotopic (exact) mass is 263 g/mol. The Bertz CT molecular complexity index is 606. The lowest BCUT2D eigenvalue weighted by Gasteiger charge is -2.08. The molecule has 92 valence electrons. The molecule has 0 fully saturated rings. The molecule has 0 saturated heterocycles. The molecule has 5 nitrogen and oxygen atoms in total. The summed E-state index contributed by atoms with van der Waals surface area (Å²) in [6.45, 7) is 0. The van der Waals surface area contributed by atoms with Gasteiger partial charge in [-0.15, -0.1) is 11.3 Å². The minimum atomic E-state index is -1.06. The highest BCUT2D eigenvalue weighted by Crippen LogP contribution is 2.28. The lowest BCUT2D eigenvalue weighted by atomic mass is 10.2. The van der Waals surface area contributed by atoms with Gasteiger partial charge < -0.3 is 15.5 Å². The van der Waals surface area contributed by atoms with Crippen LogP contribution >= 0.6 is 11.3 Å². The molecule has 0 aliphatic rings. The summed E-state index contributed by atoms with van der Waals surface area (Å²) < 4.78 is 0. The standard InChI is InChI=1S/C12H9NO4S/c14-11(15)7-3-1-2-4-9(7)13-10-8(12(16)17)5-6-18-10/h1-6,13H,(H,14,15)(H,16,17). The maximum atomic E-state index is 11.0. The number of anilines is 2. The average molecular weight is 263 g/mol. The fourth-order valence-corrected chi connectivity index (χ4v) is 2.27. The number of rotatable bonds is 4. The van der Waals surface area contributed by atoms with Gasteiger partial charge in [0, 0.05) is 0 Å². The van der Waals surface area contributed by atoms with Gasteiger partial charge in [0.05, 0.1) is 16.8 Å². The molecule has 1 aromatic carbocycles. The molecule has 0 aliphatic heterocycles. The van der Waals surface area contributed by atoms with Crippen molar-refractivity contribution in [2.24, 2.45) is 0 Å². The fourth-order valence-electron chi connectivity index (χ4n) is 1.48. The van der Waals surface area contributed by atoms with Crippen molar-refractivity contribution in [3.05, 3.63) is 46.8 Å². The number of para-hydroxylation sites is 1. The van der Waals surface area contributed by atoms with E-state index in [1.807, 2.05) is 0 Å². The molecule has 0 radical (unpaired) electrons. The van der Waals surface area contributed by atoms with Gasteiger partial charge in [0.25, 0.3) is 0 Å². The second kappa shape index (κ2) is 4.89. The summed E-state index contributed by atoms with van der Waals surface area (Å²) in [4.78, 5) is 22.0. The number of carbonyl (C=O) groups is 2. The first-order valence-corrected chi connectivity index (χ1v) is 5.87. The molecule has 2 rings (SSSR count). The van der Waals surface area contributed by atoms with Crippen molar-refractivity contribution in [3.8, 4) is 0 Å². The predicted octanol–water partition coefficient (Wildman–Crippen LogP) is 2.89. The van der Waals surface area contributed by atoms with Crippen molar-refractivity contribution in [2.75, 3.05) is 5.32 Å². The third kappa shape index (κ3) is 2.33. The first-order valence-electron chi connectivity index (χ1n) is 4.99. The van der Waals surface area contributed by atoms with Gasteiger partial charge >= 0.3 is 11.9 Å². The fraction of sp³-hybridized carbons (Fsp3) is 0. The van der Waals surface area contributed by atoms with Crippen molar-refractivity contribution in [1.82, 2.24) is 0 Å². The average Bonchev–Trinajstić information content (AvgIpc) is 2.77. The van der Waals surface area contributed by atoms with Crippen molar-refractivity contribution < 1.29 is 19.8 Å². The molecule has 0 bridgehead atoms. The number of thiophene rings is 1. The van der Waals surface area contributed by atoms with Gasteiger partial charge in [0.1, 0.15) is 5.00 Å². The minimum absolute atomic E-state index is 0.0993. The Hall–Kier alpha value is -2.34. The Morgan fingerprint density at radius 1 is 1.00 bits per heavy atom. The third-order valence-corrected chi connectivity index (χ3v) is 3.13. The number of benzene rings is 1. The van der Waals surface area contributed by atoms with E-state index in [1.165, 1.54) is 23.5 Å². The highest BCUT2D eigenvalue weighted by molar-refractivity contribution is 7.14. The van der Waals surface area contributed by atoms with Crippen LogP contribution in [0.4, 0.5) is 10.7 Å². The lowest BCUT2D eigenvalue weighted by molar-refractivity contribution is 0.0688. The van der Waals surface area contributed by atoms with Gasteiger partial charge in [-0.25, -0.2) is 9.59 Å². The topological polar surface area (TPSA) is 86.6 Å². The van der Waals surface area contributed by atoms with Crippen molar-refractivity contribution >= 4 is 34.0 Å². The van der Waals surface area contributed by atoms with Gasteiger partial charge in [-0.3, -0.25) is 0 Å². The SMILES string of the molecule is O=C(O)c1ccccc1Nc1sccc1C(=O)O. The summed E-state index contributed by atoms with van der Waals surface area (Å²) in [5.41, 5.74) is 0.595. The number of carboxylic acids is 2. The quantitative estimate of drug-likeness (QED) is 0.789. The highest BCUT2D eigenvalue weighted by Gasteiger charge is 2.14. The molecule has 0 spiro atoms. The predicted molar refractivity (Wildman–Crippen MR) is 68.0 cm³/mol. The molecule has 0 saturated carbocycles. The summed E-state index contributed by atoms with van der Waals surface area (Å²) in [5, 5.41) is 22.9. The molecule has 2 aromatic rings. The first kappa shape index (κ1) is 12.1. The first-order chi connectivity index (χ1) is 8.59. The second-order valence-corrected chi connectivity index (χ2v) is 4.36. The largest absolute Gasteiger partial charge is 0.478 e. The molecule has 3 N–H and O–H groups in total. The maximum absolute atomic E-state index is 11.0. The van der Waals surface area contributed by atoms with Crippen LogP contribution < -0.4 is 5.32 Å². The van der Waals surface area contributed by atoms with Crippen molar-refractivity contribution in [3.63, 3.8) is 0 Å². The Balaban J connectivity index is 2.37. The molecule has 0 amide bonds. The van der Waals surface area contributed by atoms with E-state index in [4.69, 9.17) is 10.2 Å². The normalized spacial score (nSPS) is 10.0. The van der Waals surface area contributed by atoms with Crippen LogP contribution in [0.15, 0.2) is 35.7 Å². The summed E-state index contributed by atoms with van der Waals surface area (Å²) in [5.74, 6) is -2.11. The zero-order chi connectivity index (χ0) is 13.1. The summed E-state index contributed by atoms with van der Waals surface area (Å²) >= 11 is 1.21. The van der Waals surface area contributed by atoms with Crippen LogP contribution in [-0.4, -0.2) is 22.2 Å². The molecule has 18 heavy (non-hydrogen) atoms. The van der Waals surface area contributed by atoms with E-state index >= 15 is 0 Å². The number of hydrogen-bond acceptors (Lipinski definition) is 4. The third-order valence-electron chi connectivity index (χ3n) is 2.30. The molecule has 6 heteroatoms. The molecule has 1 aromatic heterocycles. The van der Waals surface area contributed by atoms with Crippen molar-refractivity contribution in [1.29, 1.82) is 0 Å². The highest BCUT2D eigenvalue weighted by atomic mass is 32.1. The van der Waals surface area contributed by atoms with E-state index in [0.717, 1.165) is 0 Å². The lowest BCUT2D eigenvalue weighted by Crippen LogP contribution is -2.04. The van der Waals surface area contributed by atoms with Gasteiger partial charge in [0.2, 0.25) is 0 Å². The van der Waals surface area contributed by atoms with Crippen LogP contribution in [0.1, 0.15) is 20.7 Å². The van der Waals surface area contributed by atoms with Crippen LogP contribution in [0.2, 0.25) is 0 Å². The maximum Gasteiger partial charge on any atom is 0.338 e. The van der Waals surface area contributed by atoms with Crippen molar-refractivity contribution in [2.45, 2.75) is 0 Å². The molecule has 0 aliphatic carbocycles. The second-order valence-electron chi connectivity index (χ2n) is 3.44. The Morgan fingerprint density at radius 3 is 2.33 bits per heavy atom. The zero-order valence-electron chi connectivity index (χ0n) is 9.08. The van der Waals surface area contributed by atoms with Crippen LogP contribution in [-0.2, 0) is 0 Å². The Kier molecular flexibility index (Phi) is 3.29. The molecular formula is C12H9NO4S. The number of aromatic carboxylic acids is 2. The number of hydrogen-bond donors (Lipinski definition) is 3. The van der Waals surface area contributed by atoms with Gasteiger partial charge in [0.15, 0.2) is 0 Å². The van der Waals surface area contributed by atoms with E-state index in [9.17, 15) is 9.59 Å².